The summed E-state index contributed by atoms with van der Waals surface area (Å²) in [7, 11) is 0. The van der Waals surface area contributed by atoms with Crippen molar-refractivity contribution in [3.63, 3.8) is 0 Å². The molecule has 0 saturated carbocycles. The van der Waals surface area contributed by atoms with Crippen molar-refractivity contribution in [2.75, 3.05) is 0 Å². The Hall–Kier alpha value is -17.0. The Bertz CT molecular complexity index is 7480. The van der Waals surface area contributed by atoms with Crippen molar-refractivity contribution in [3.8, 4) is 170 Å². The molecule has 146 heavy (non-hydrogen) atoms. The molecule has 0 saturated heterocycles. The van der Waals surface area contributed by atoms with Crippen molar-refractivity contribution >= 4 is 17.9 Å². The molecule has 0 unspecified atom stereocenters. The van der Waals surface area contributed by atoms with E-state index in [-0.39, 0.29) is 126 Å². The van der Waals surface area contributed by atoms with Crippen LogP contribution in [0.3, 0.4) is 0 Å². The molecule has 0 spiro atoms. The fourth-order valence-corrected chi connectivity index (χ4v) is 13.6. The van der Waals surface area contributed by atoms with E-state index in [2.05, 4.69) is 105 Å². The Morgan fingerprint density at radius 1 is 0.233 bits per heavy atom. The van der Waals surface area contributed by atoms with Crippen LogP contribution in [0, 0.1) is 24.3 Å². The summed E-state index contributed by atoms with van der Waals surface area (Å²) in [5, 5.41) is 73.8. The number of aromatic nitrogens is 14. The van der Waals surface area contributed by atoms with Gasteiger partial charge in [-0.15, -0.1) is 144 Å². The third-order valence-electron chi connectivity index (χ3n) is 20.6. The number of carbonyl (C=O) groups is 3. The molecule has 24 nitrogen and oxygen atoms in total. The average molecular weight is 2630 g/mol. The number of carboxylic acid groups (broad SMARTS) is 3. The van der Waals surface area contributed by atoms with Gasteiger partial charge < -0.3 is 50.9 Å². The number of hydrogen-bond donors (Lipinski definition) is 7. The standard InChI is InChI=1S/C22H16N2O2.C22H14N2.C17H11N.C16H12N2O.C12H14N3.C12H9NO3.C11H8N2O2.C6H5NO2.4Ir/c25-21-13-3-1-7-15(21)17-9-5-11-19(23-17)20-12-6-10-18(24-20)16-8-2-4-14-22(16)26;1-3-9-17(10-4-1)19-13-7-15-21(23-19)22-16-8-14-20(24-22)18-11-5-2-6-12-18;1-3-8-14(9-4-1)16-12-7-13-17(18-16)15-10-5-2-6-11-15;19-16-10-2-1-6-12(16)13-8-5-9-15(18-13)14-7-3-4-11-17-14;1-12(2,3)11-8-10(14-15-11)9-6-4-5-7-13-9;14-11-7-2-1-4-8(11)9-5-3-6-10(13-9)12(15)16;14-11(15)10-6-3-5-9(13-10)8-4-1-2-7-12-8;8-6(9)5-3-1-2-4-7-5;;;;/h1-14,25-26H;1-9,11,13-16H;1-8,10,12-13H;1-11,19H;4-8H,1-3H3;1-7,14H,(H,15,16);1-7H,(H,14,15);1-4H,(H,8,9);;;;/q;2*-2;;-1;;;;;;;. The van der Waals surface area contributed by atoms with Crippen molar-refractivity contribution in [2.45, 2.75) is 26.2 Å². The summed E-state index contributed by atoms with van der Waals surface area (Å²) in [4.78, 5) is 83.7. The zero-order chi connectivity index (χ0) is 99.2. The largest absolute Gasteiger partial charge is 0.573 e. The summed E-state index contributed by atoms with van der Waals surface area (Å²) in [6.07, 6.45) is 6.60. The summed E-state index contributed by atoms with van der Waals surface area (Å²) >= 11 is 0. The molecule has 13 heterocycles. The van der Waals surface area contributed by atoms with Gasteiger partial charge in [0.1, 0.15) is 40.1 Å². The van der Waals surface area contributed by atoms with Crippen LogP contribution in [-0.4, -0.2) is 119 Å². The second-order valence-electron chi connectivity index (χ2n) is 31.6. The maximum absolute atomic E-state index is 10.7. The molecular weight excluding hydrogens is 2540 g/mol. The number of phenols is 4. The summed E-state index contributed by atoms with van der Waals surface area (Å²) in [6, 6.07) is 140. The quantitative estimate of drug-likeness (QED) is 0.0442. The molecule has 4 radical (unpaired) electrons. The normalized spacial score (nSPS) is 10.1. The van der Waals surface area contributed by atoms with E-state index < -0.39 is 17.9 Å². The van der Waals surface area contributed by atoms with Gasteiger partial charge in [-0.1, -0.05) is 178 Å². The van der Waals surface area contributed by atoms with Crippen LogP contribution < -0.4 is 5.10 Å². The Morgan fingerprint density at radius 3 is 0.726 bits per heavy atom. The van der Waals surface area contributed by atoms with Crippen LogP contribution in [0.4, 0.5) is 0 Å². The molecule has 13 aromatic heterocycles. The van der Waals surface area contributed by atoms with Crippen LogP contribution >= 0.6 is 0 Å². The Morgan fingerprint density at radius 2 is 0.459 bits per heavy atom. The number of para-hydroxylation sites is 4. The van der Waals surface area contributed by atoms with E-state index in [0.717, 1.165) is 96.1 Å². The molecule has 21 rings (SSSR count). The van der Waals surface area contributed by atoms with Gasteiger partial charge in [0.25, 0.3) is 0 Å². The van der Waals surface area contributed by atoms with Crippen molar-refractivity contribution in [3.05, 3.63) is 490 Å². The van der Waals surface area contributed by atoms with Crippen molar-refractivity contribution < 1.29 is 131 Å². The van der Waals surface area contributed by atoms with Crippen molar-refractivity contribution in [2.24, 2.45) is 0 Å². The zero-order valence-electron chi connectivity index (χ0n) is 78.1. The van der Waals surface area contributed by atoms with Gasteiger partial charge in [-0.3, -0.25) is 24.9 Å². The van der Waals surface area contributed by atoms with E-state index in [4.69, 9.17) is 25.3 Å². The van der Waals surface area contributed by atoms with E-state index in [0.29, 0.717) is 56.5 Å². The monoisotopic (exact) mass is 2630 g/mol. The number of hydrogen-bond acceptors (Lipinski definition) is 20. The van der Waals surface area contributed by atoms with Gasteiger partial charge in [-0.05, 0) is 193 Å². The fraction of sp³-hybridized carbons (Fsp3) is 0.0339. The van der Waals surface area contributed by atoms with Crippen LogP contribution in [0.1, 0.15) is 57.9 Å². The first-order valence-corrected chi connectivity index (χ1v) is 44.4. The number of pyridine rings is 12. The van der Waals surface area contributed by atoms with Crippen molar-refractivity contribution in [1.82, 2.24) is 70.0 Å². The van der Waals surface area contributed by atoms with Gasteiger partial charge in [0.2, 0.25) is 0 Å². The SMILES string of the molecule is CC(C)(C)c1cc(-c2ccccn2)[n-]n1.O=C(O)c1cccc(-c2ccccc2O)n1.O=C(O)c1cccc(-c2ccccn2)n1.O=C(O)c1ccccn1.Oc1ccccc1-c1cccc(-c2cccc(-c3ccccc3O)n2)n1.Oc1ccccc1-c1cccc(-c2ccccn2)n1.[Ir].[Ir].[Ir].[Ir].[c-]1ccccc1-c1cccc(-c2[c-]cccc2)n1.[c-]1ccccc1-c1cccc(-c2cccc(-c3[c-]cccc3)n2)n1. The molecule has 0 aliphatic heterocycles. The third kappa shape index (κ3) is 32.2. The third-order valence-corrected chi connectivity index (χ3v) is 20.6. The number of aromatic hydroxyl groups is 4. The minimum atomic E-state index is -1.09. The molecule has 0 bridgehead atoms. The first-order valence-electron chi connectivity index (χ1n) is 44.4. The van der Waals surface area contributed by atoms with E-state index >= 15 is 0 Å². The number of phenolic OH excluding ortho intramolecular Hbond substituents is 4. The molecule has 0 aliphatic rings. The number of carboxylic acids is 3. The van der Waals surface area contributed by atoms with E-state index in [1.807, 2.05) is 291 Å². The van der Waals surface area contributed by atoms with Crippen LogP contribution in [0.25, 0.3) is 147 Å². The van der Waals surface area contributed by atoms with E-state index in [9.17, 15) is 34.8 Å². The van der Waals surface area contributed by atoms with Gasteiger partial charge >= 0.3 is 17.9 Å². The summed E-state index contributed by atoms with van der Waals surface area (Å²) in [6.45, 7) is 6.37. The minimum absolute atomic E-state index is 0. The fourth-order valence-electron chi connectivity index (χ4n) is 13.6. The average Bonchev–Trinajstić information content (AvgIpc) is 1.05. The summed E-state index contributed by atoms with van der Waals surface area (Å²) < 4.78 is 0. The Labute approximate surface area is 897 Å². The van der Waals surface area contributed by atoms with Gasteiger partial charge in [-0.2, -0.15) is 0 Å². The van der Waals surface area contributed by atoms with Gasteiger partial charge in [0.05, 0.1) is 68.3 Å². The zero-order valence-corrected chi connectivity index (χ0v) is 87.7. The van der Waals surface area contributed by atoms with E-state index in [1.165, 1.54) is 30.5 Å². The molecule has 7 N–H and O–H groups in total. The predicted octanol–water partition coefficient (Wildman–Crippen LogP) is 24.7. The first-order chi connectivity index (χ1) is 69.2. The molecule has 732 valence electrons. The predicted molar refractivity (Wildman–Crippen MR) is 548 cm³/mol. The summed E-state index contributed by atoms with van der Waals surface area (Å²) in [5.41, 5.74) is 21.5. The second-order valence-corrected chi connectivity index (χ2v) is 31.6. The number of benzene rings is 8. The second kappa shape index (κ2) is 56.6. The molecule has 21 aromatic rings. The molecule has 0 fully saturated rings. The smallest absolute Gasteiger partial charge is 0.354 e. The molecular formula is C118H89Ir4N14O10-5. The topological polar surface area (TPSA) is 374 Å². The molecule has 28 heteroatoms. The van der Waals surface area contributed by atoms with Gasteiger partial charge in [0, 0.05) is 144 Å². The summed E-state index contributed by atoms with van der Waals surface area (Å²) in [5.74, 6) is -2.42. The van der Waals surface area contributed by atoms with Crippen LogP contribution in [0.2, 0.25) is 0 Å². The maximum Gasteiger partial charge on any atom is 0.354 e. The minimum Gasteiger partial charge on any atom is -0.573 e. The molecule has 0 atom stereocenters. The Balaban J connectivity index is 0.000000173. The number of aromatic carboxylic acids is 3. The van der Waals surface area contributed by atoms with E-state index in [1.54, 1.807) is 122 Å². The van der Waals surface area contributed by atoms with Crippen LogP contribution in [0.5, 0.6) is 23.0 Å². The van der Waals surface area contributed by atoms with Crippen LogP contribution in [-0.2, 0) is 85.8 Å². The molecule has 0 amide bonds. The number of nitrogens with zero attached hydrogens (tertiary/aromatic N) is 14. The van der Waals surface area contributed by atoms with Gasteiger partial charge in [0.15, 0.2) is 0 Å². The first kappa shape index (κ1) is 111. The van der Waals surface area contributed by atoms with Crippen molar-refractivity contribution in [1.29, 1.82) is 0 Å². The number of rotatable bonds is 16. The van der Waals surface area contributed by atoms with Gasteiger partial charge in [-0.25, -0.2) is 44.3 Å². The molecule has 0 aliphatic carbocycles. The van der Waals surface area contributed by atoms with Crippen LogP contribution in [0.15, 0.2) is 443 Å². The molecule has 8 aromatic carbocycles. The maximum atomic E-state index is 10.7. The Kier molecular flexibility index (Phi) is 43.0.